The summed E-state index contributed by atoms with van der Waals surface area (Å²) in [7, 11) is 0. The summed E-state index contributed by atoms with van der Waals surface area (Å²) in [6.07, 6.45) is 0. The third-order valence-electron chi connectivity index (χ3n) is 3.75. The van der Waals surface area contributed by atoms with Gasteiger partial charge in [-0.2, -0.15) is 0 Å². The van der Waals surface area contributed by atoms with Crippen molar-refractivity contribution in [3.8, 4) is 11.1 Å². The second-order valence-electron chi connectivity index (χ2n) is 4.65. The van der Waals surface area contributed by atoms with E-state index in [0.717, 1.165) is 5.69 Å². The second kappa shape index (κ2) is 4.25. The van der Waals surface area contributed by atoms with Crippen molar-refractivity contribution < 1.29 is 0 Å². The van der Waals surface area contributed by atoms with Crippen LogP contribution >= 0.6 is 0 Å². The zero-order chi connectivity index (χ0) is 12.6. The van der Waals surface area contributed by atoms with Crippen LogP contribution in [0.25, 0.3) is 11.1 Å². The van der Waals surface area contributed by atoms with Crippen molar-refractivity contribution in [1.29, 1.82) is 0 Å². The molecule has 0 aliphatic rings. The molecule has 0 saturated carbocycles. The van der Waals surface area contributed by atoms with Gasteiger partial charge in [-0.1, -0.05) is 30.3 Å². The van der Waals surface area contributed by atoms with Crippen LogP contribution < -0.4 is 5.73 Å². The fraction of sp³-hybridized carbons (Fsp3) is 0.250. The van der Waals surface area contributed by atoms with E-state index in [2.05, 4.69) is 52.0 Å². The summed E-state index contributed by atoms with van der Waals surface area (Å²) in [5.74, 6) is 0. The Bertz CT molecular complexity index is 524. The average Bonchev–Trinajstić information content (AvgIpc) is 2.36. The van der Waals surface area contributed by atoms with Crippen molar-refractivity contribution in [3.05, 3.63) is 52.6 Å². The Balaban J connectivity index is 2.80. The van der Waals surface area contributed by atoms with Gasteiger partial charge in [0.05, 0.1) is 0 Å². The topological polar surface area (TPSA) is 26.0 Å². The van der Waals surface area contributed by atoms with Crippen LogP contribution in [0.5, 0.6) is 0 Å². The van der Waals surface area contributed by atoms with Crippen LogP contribution in [0.15, 0.2) is 30.3 Å². The molecule has 0 heterocycles. The summed E-state index contributed by atoms with van der Waals surface area (Å²) in [5.41, 5.74) is 14.7. The van der Waals surface area contributed by atoms with Gasteiger partial charge in [0.1, 0.15) is 0 Å². The summed E-state index contributed by atoms with van der Waals surface area (Å²) < 4.78 is 0. The Hall–Kier alpha value is -1.76. The predicted molar refractivity (Wildman–Crippen MR) is 75.2 cm³/mol. The lowest BCUT2D eigenvalue weighted by Crippen LogP contribution is -2.02. The first kappa shape index (κ1) is 11.7. The molecule has 0 bridgehead atoms. The molecule has 1 heteroatoms. The first-order chi connectivity index (χ1) is 8.04. The number of anilines is 1. The summed E-state index contributed by atoms with van der Waals surface area (Å²) in [4.78, 5) is 0. The maximum Gasteiger partial charge on any atom is 0.0382 e. The van der Waals surface area contributed by atoms with Gasteiger partial charge in [-0.05, 0) is 61.1 Å². The molecule has 0 radical (unpaired) electrons. The van der Waals surface area contributed by atoms with E-state index in [0.29, 0.717) is 0 Å². The van der Waals surface area contributed by atoms with Crippen molar-refractivity contribution in [2.24, 2.45) is 0 Å². The van der Waals surface area contributed by atoms with Crippen LogP contribution in [0, 0.1) is 27.7 Å². The maximum atomic E-state index is 6.19. The highest BCUT2D eigenvalue weighted by molar-refractivity contribution is 5.79. The van der Waals surface area contributed by atoms with Crippen LogP contribution in [0.4, 0.5) is 5.69 Å². The summed E-state index contributed by atoms with van der Waals surface area (Å²) in [6, 6.07) is 10.5. The molecule has 2 aromatic carbocycles. The largest absolute Gasteiger partial charge is 0.398 e. The molecule has 0 aliphatic carbocycles. The Morgan fingerprint density at radius 1 is 0.706 bits per heavy atom. The lowest BCUT2D eigenvalue weighted by Gasteiger charge is -2.18. The molecule has 0 unspecified atom stereocenters. The highest BCUT2D eigenvalue weighted by Crippen LogP contribution is 2.35. The minimum atomic E-state index is 0.923. The fourth-order valence-corrected chi connectivity index (χ4v) is 2.41. The first-order valence-electron chi connectivity index (χ1n) is 5.95. The van der Waals surface area contributed by atoms with E-state index < -0.39 is 0 Å². The average molecular weight is 225 g/mol. The van der Waals surface area contributed by atoms with Gasteiger partial charge in [0.2, 0.25) is 0 Å². The molecule has 0 aromatic heterocycles. The quantitative estimate of drug-likeness (QED) is 0.724. The standard InChI is InChI=1S/C16H19N/c1-10-11(2)15(13(4)16(17)12(10)3)14-8-6-5-7-9-14/h5-9H,17H2,1-4H3. The van der Waals surface area contributed by atoms with E-state index >= 15 is 0 Å². The normalized spacial score (nSPS) is 10.6. The first-order valence-corrected chi connectivity index (χ1v) is 5.95. The van der Waals surface area contributed by atoms with Crippen molar-refractivity contribution >= 4 is 5.69 Å². The van der Waals surface area contributed by atoms with Crippen LogP contribution in [0.3, 0.4) is 0 Å². The molecular formula is C16H19N. The smallest absolute Gasteiger partial charge is 0.0382 e. The third kappa shape index (κ3) is 1.82. The molecule has 2 aromatic rings. The fourth-order valence-electron chi connectivity index (χ4n) is 2.41. The van der Waals surface area contributed by atoms with Crippen LogP contribution in [0.2, 0.25) is 0 Å². The van der Waals surface area contributed by atoms with Crippen LogP contribution in [-0.4, -0.2) is 0 Å². The predicted octanol–water partition coefficient (Wildman–Crippen LogP) is 4.17. The maximum absolute atomic E-state index is 6.19. The zero-order valence-electron chi connectivity index (χ0n) is 11.0. The number of hydrogen-bond donors (Lipinski definition) is 1. The molecule has 0 aliphatic heterocycles. The molecule has 0 atom stereocenters. The second-order valence-corrected chi connectivity index (χ2v) is 4.65. The minimum Gasteiger partial charge on any atom is -0.398 e. The van der Waals surface area contributed by atoms with Crippen molar-refractivity contribution in [3.63, 3.8) is 0 Å². The van der Waals surface area contributed by atoms with E-state index in [4.69, 9.17) is 5.73 Å². The molecule has 0 spiro atoms. The van der Waals surface area contributed by atoms with Gasteiger partial charge in [0.25, 0.3) is 0 Å². The summed E-state index contributed by atoms with van der Waals surface area (Å²) in [6.45, 7) is 8.53. The molecule has 17 heavy (non-hydrogen) atoms. The Labute approximate surface area is 103 Å². The number of benzene rings is 2. The molecule has 0 saturated heterocycles. The number of nitrogens with two attached hydrogens (primary N) is 1. The van der Waals surface area contributed by atoms with E-state index in [1.807, 2.05) is 6.07 Å². The summed E-state index contributed by atoms with van der Waals surface area (Å²) in [5, 5.41) is 0. The van der Waals surface area contributed by atoms with Gasteiger partial charge in [-0.15, -0.1) is 0 Å². The van der Waals surface area contributed by atoms with E-state index in [9.17, 15) is 0 Å². The van der Waals surface area contributed by atoms with Gasteiger partial charge in [0.15, 0.2) is 0 Å². The van der Waals surface area contributed by atoms with Crippen molar-refractivity contribution in [1.82, 2.24) is 0 Å². The monoisotopic (exact) mass is 225 g/mol. The van der Waals surface area contributed by atoms with Crippen LogP contribution in [-0.2, 0) is 0 Å². The molecule has 0 fully saturated rings. The number of nitrogen functional groups attached to an aromatic ring is 1. The lowest BCUT2D eigenvalue weighted by atomic mass is 9.88. The number of hydrogen-bond acceptors (Lipinski definition) is 1. The van der Waals surface area contributed by atoms with Gasteiger partial charge in [0, 0.05) is 5.69 Å². The molecule has 1 nitrogen and oxygen atoms in total. The van der Waals surface area contributed by atoms with Gasteiger partial charge < -0.3 is 5.73 Å². The number of rotatable bonds is 1. The Morgan fingerprint density at radius 2 is 1.29 bits per heavy atom. The SMILES string of the molecule is Cc1c(C)c(N)c(C)c(-c2ccccc2)c1C. The molecule has 2 N–H and O–H groups in total. The van der Waals surface area contributed by atoms with E-state index in [1.54, 1.807) is 0 Å². The highest BCUT2D eigenvalue weighted by atomic mass is 14.6. The van der Waals surface area contributed by atoms with Gasteiger partial charge in [-0.25, -0.2) is 0 Å². The van der Waals surface area contributed by atoms with Crippen molar-refractivity contribution in [2.75, 3.05) is 5.73 Å². The lowest BCUT2D eigenvalue weighted by molar-refractivity contribution is 1.24. The van der Waals surface area contributed by atoms with E-state index in [1.165, 1.54) is 33.4 Å². The Kier molecular flexibility index (Phi) is 2.93. The van der Waals surface area contributed by atoms with Gasteiger partial charge >= 0.3 is 0 Å². The minimum absolute atomic E-state index is 0.923. The summed E-state index contributed by atoms with van der Waals surface area (Å²) >= 11 is 0. The Morgan fingerprint density at radius 3 is 1.88 bits per heavy atom. The molecule has 0 amide bonds. The molecular weight excluding hydrogens is 206 g/mol. The molecule has 2 rings (SSSR count). The van der Waals surface area contributed by atoms with Crippen LogP contribution in [0.1, 0.15) is 22.3 Å². The third-order valence-corrected chi connectivity index (χ3v) is 3.75. The highest BCUT2D eigenvalue weighted by Gasteiger charge is 2.13. The van der Waals surface area contributed by atoms with Crippen molar-refractivity contribution in [2.45, 2.75) is 27.7 Å². The molecule has 88 valence electrons. The van der Waals surface area contributed by atoms with E-state index in [-0.39, 0.29) is 0 Å². The van der Waals surface area contributed by atoms with Gasteiger partial charge in [-0.3, -0.25) is 0 Å². The zero-order valence-corrected chi connectivity index (χ0v) is 11.0.